The Hall–Kier alpha value is -5.40. The van der Waals surface area contributed by atoms with Crippen LogP contribution in [-0.4, -0.2) is 68.4 Å². The number of fused-ring (bicyclic) bond motifs is 2. The van der Waals surface area contributed by atoms with Crippen molar-refractivity contribution < 1.29 is 65.6 Å². The number of ether oxygens (including phenoxy) is 2. The molecule has 0 bridgehead atoms. The highest BCUT2D eigenvalue weighted by atomic mass is 16.5. The van der Waals surface area contributed by atoms with Gasteiger partial charge in [0.15, 0.2) is 34.9 Å². The van der Waals surface area contributed by atoms with Gasteiger partial charge in [-0.15, -0.1) is 0 Å². The van der Waals surface area contributed by atoms with Crippen LogP contribution in [0.5, 0.6) is 63.2 Å². The molecule has 0 aromatic heterocycles. The number of hydrogen-bond acceptors (Lipinski definition) is 13. The van der Waals surface area contributed by atoms with Crippen molar-refractivity contribution in [1.82, 2.24) is 0 Å². The monoisotopic (exact) mass is 594 g/mol. The van der Waals surface area contributed by atoms with Crippen molar-refractivity contribution in [3.63, 3.8) is 0 Å². The second-order valence-corrected chi connectivity index (χ2v) is 10.5. The third kappa shape index (κ3) is 4.42. The minimum Gasteiger partial charge on any atom is -0.508 e. The number of aliphatic hydroxyl groups is 2. The molecule has 1 unspecified atom stereocenters. The summed E-state index contributed by atoms with van der Waals surface area (Å²) in [4.78, 5) is 0. The largest absolute Gasteiger partial charge is 0.508 e. The number of phenolic OH excluding ortho intramolecular Hbond substituents is 9. The lowest BCUT2D eigenvalue weighted by Gasteiger charge is -2.40. The van der Waals surface area contributed by atoms with Gasteiger partial charge in [-0.25, -0.2) is 0 Å². The number of hydrogen-bond donors (Lipinski definition) is 11. The molecule has 43 heavy (non-hydrogen) atoms. The molecular formula is C30H26O13. The zero-order valence-corrected chi connectivity index (χ0v) is 21.9. The SMILES string of the molecule is Oc1cc(O)c2c(c1)O[C@H](c1cc(O)c(O)c(O)c1)[C@H](O)C2c1c(O)cc(O)c2c1O[C@H](c1ccc(O)c(O)c1)[C@H](O)C2. The van der Waals surface area contributed by atoms with E-state index in [-0.39, 0.29) is 45.7 Å². The van der Waals surface area contributed by atoms with E-state index in [1.807, 2.05) is 0 Å². The number of aromatic hydroxyl groups is 9. The molecule has 4 aromatic rings. The van der Waals surface area contributed by atoms with E-state index in [1.165, 1.54) is 18.2 Å². The summed E-state index contributed by atoms with van der Waals surface area (Å²) in [6, 6.07) is 8.90. The molecule has 11 N–H and O–H groups in total. The highest BCUT2D eigenvalue weighted by Gasteiger charge is 2.46. The molecule has 0 aliphatic carbocycles. The Kier molecular flexibility index (Phi) is 6.36. The van der Waals surface area contributed by atoms with E-state index in [0.717, 1.165) is 30.3 Å². The van der Waals surface area contributed by atoms with Crippen molar-refractivity contribution in [2.45, 2.75) is 36.8 Å². The fourth-order valence-electron chi connectivity index (χ4n) is 5.78. The summed E-state index contributed by atoms with van der Waals surface area (Å²) in [7, 11) is 0. The molecule has 2 aliphatic rings. The summed E-state index contributed by atoms with van der Waals surface area (Å²) in [5.41, 5.74) is 0.0126. The van der Waals surface area contributed by atoms with Gasteiger partial charge in [0.2, 0.25) is 0 Å². The fourth-order valence-corrected chi connectivity index (χ4v) is 5.78. The maximum Gasteiger partial charge on any atom is 0.200 e. The maximum atomic E-state index is 11.8. The Balaban J connectivity index is 1.56. The fraction of sp³-hybridized carbons (Fsp3) is 0.200. The third-order valence-corrected chi connectivity index (χ3v) is 7.77. The van der Waals surface area contributed by atoms with Crippen molar-refractivity contribution in [3.8, 4) is 63.2 Å². The summed E-state index contributed by atoms with van der Waals surface area (Å²) < 4.78 is 12.0. The molecule has 5 atom stereocenters. The van der Waals surface area contributed by atoms with Crippen molar-refractivity contribution >= 4 is 0 Å². The lowest BCUT2D eigenvalue weighted by Crippen LogP contribution is -2.36. The van der Waals surface area contributed by atoms with Gasteiger partial charge in [-0.3, -0.25) is 0 Å². The Bertz CT molecular complexity index is 1750. The molecule has 224 valence electrons. The molecule has 0 amide bonds. The second-order valence-electron chi connectivity index (χ2n) is 10.5. The van der Waals surface area contributed by atoms with E-state index >= 15 is 0 Å². The predicted molar refractivity (Wildman–Crippen MR) is 145 cm³/mol. The van der Waals surface area contributed by atoms with Crippen LogP contribution in [0.25, 0.3) is 0 Å². The van der Waals surface area contributed by atoms with Gasteiger partial charge >= 0.3 is 0 Å². The van der Waals surface area contributed by atoms with Gasteiger partial charge in [-0.1, -0.05) is 6.07 Å². The molecule has 0 saturated heterocycles. The van der Waals surface area contributed by atoms with Crippen LogP contribution in [0.3, 0.4) is 0 Å². The maximum absolute atomic E-state index is 11.8. The van der Waals surface area contributed by atoms with Gasteiger partial charge < -0.3 is 65.6 Å². The van der Waals surface area contributed by atoms with Crippen LogP contribution in [0.15, 0.2) is 48.5 Å². The van der Waals surface area contributed by atoms with Crippen LogP contribution in [0, 0.1) is 0 Å². The van der Waals surface area contributed by atoms with Crippen LogP contribution in [0.2, 0.25) is 0 Å². The highest BCUT2D eigenvalue weighted by Crippen LogP contribution is 2.57. The van der Waals surface area contributed by atoms with Crippen LogP contribution in [0.1, 0.15) is 45.9 Å². The summed E-state index contributed by atoms with van der Waals surface area (Å²) in [6.07, 6.45) is -5.81. The molecule has 0 spiro atoms. The summed E-state index contributed by atoms with van der Waals surface area (Å²) in [6.45, 7) is 0. The van der Waals surface area contributed by atoms with E-state index in [1.54, 1.807) is 0 Å². The van der Waals surface area contributed by atoms with E-state index < -0.39 is 82.1 Å². The standard InChI is InChI=1S/C30H26O13/c31-12-6-17(35)23-22(7-12)42-29(11-4-19(37)26(40)20(38)5-11)27(41)25(23)24-18(36)9-15(33)13-8-21(39)28(43-30(13)24)10-1-2-14(32)16(34)3-10/h1-7,9,21,25,27-29,31-41H,8H2/t21-,25?,27-,28-,29-/m1/s1. The van der Waals surface area contributed by atoms with Crippen LogP contribution in [-0.2, 0) is 6.42 Å². The number of aliphatic hydroxyl groups excluding tert-OH is 2. The molecule has 2 aliphatic heterocycles. The van der Waals surface area contributed by atoms with Crippen molar-refractivity contribution in [2.75, 3.05) is 0 Å². The van der Waals surface area contributed by atoms with Gasteiger partial charge in [0, 0.05) is 46.9 Å². The highest BCUT2D eigenvalue weighted by molar-refractivity contribution is 5.66. The molecule has 6 rings (SSSR count). The normalized spacial score (nSPS) is 22.6. The minimum absolute atomic E-state index is 0.0281. The smallest absolute Gasteiger partial charge is 0.200 e. The molecule has 2 heterocycles. The molecule has 0 radical (unpaired) electrons. The Morgan fingerprint density at radius 3 is 1.88 bits per heavy atom. The quantitative estimate of drug-likeness (QED) is 0.153. The summed E-state index contributed by atoms with van der Waals surface area (Å²) >= 11 is 0. The molecule has 0 saturated carbocycles. The van der Waals surface area contributed by atoms with Gasteiger partial charge in [-0.05, 0) is 29.8 Å². The van der Waals surface area contributed by atoms with Gasteiger partial charge in [0.1, 0.15) is 46.7 Å². The van der Waals surface area contributed by atoms with Gasteiger partial charge in [-0.2, -0.15) is 0 Å². The van der Waals surface area contributed by atoms with Crippen LogP contribution in [0.4, 0.5) is 0 Å². The van der Waals surface area contributed by atoms with Crippen molar-refractivity contribution in [1.29, 1.82) is 0 Å². The Morgan fingerprint density at radius 1 is 0.558 bits per heavy atom. The first kappa shape index (κ1) is 27.8. The van der Waals surface area contributed by atoms with Crippen LogP contribution < -0.4 is 9.47 Å². The van der Waals surface area contributed by atoms with Gasteiger partial charge in [0.05, 0.1) is 12.0 Å². The Labute approximate surface area is 242 Å². The molecule has 0 fully saturated rings. The zero-order chi connectivity index (χ0) is 30.9. The molecular weight excluding hydrogens is 568 g/mol. The first-order chi connectivity index (χ1) is 20.3. The molecule has 13 heteroatoms. The van der Waals surface area contributed by atoms with Gasteiger partial charge in [0.25, 0.3) is 0 Å². The summed E-state index contributed by atoms with van der Waals surface area (Å²) in [5.74, 6) is -6.87. The minimum atomic E-state index is -1.71. The first-order valence-electron chi connectivity index (χ1n) is 12.9. The lowest BCUT2D eigenvalue weighted by molar-refractivity contribution is 0.00108. The Morgan fingerprint density at radius 2 is 1.21 bits per heavy atom. The van der Waals surface area contributed by atoms with Crippen molar-refractivity contribution in [2.24, 2.45) is 0 Å². The molecule has 4 aromatic carbocycles. The summed E-state index contributed by atoms with van der Waals surface area (Å²) in [5, 5.41) is 116. The van der Waals surface area contributed by atoms with Crippen molar-refractivity contribution in [3.05, 3.63) is 76.3 Å². The predicted octanol–water partition coefficient (Wildman–Crippen LogP) is 2.70. The topological polar surface area (TPSA) is 241 Å². The average molecular weight is 595 g/mol. The van der Waals surface area contributed by atoms with E-state index in [2.05, 4.69) is 0 Å². The number of benzene rings is 4. The number of phenols is 9. The van der Waals surface area contributed by atoms with E-state index in [4.69, 9.17) is 9.47 Å². The van der Waals surface area contributed by atoms with E-state index in [0.29, 0.717) is 0 Å². The van der Waals surface area contributed by atoms with Crippen LogP contribution >= 0.6 is 0 Å². The second kappa shape index (κ2) is 9.86. The lowest BCUT2D eigenvalue weighted by atomic mass is 9.77. The third-order valence-electron chi connectivity index (χ3n) is 7.77. The average Bonchev–Trinajstić information content (AvgIpc) is 2.94. The first-order valence-corrected chi connectivity index (χ1v) is 12.9. The molecule has 13 nitrogen and oxygen atoms in total. The zero-order valence-electron chi connectivity index (χ0n) is 21.9. The van der Waals surface area contributed by atoms with E-state index in [9.17, 15) is 56.2 Å². The number of rotatable bonds is 3.